The Balaban J connectivity index is 1.16. The number of rotatable bonds is 3. The highest BCUT2D eigenvalue weighted by Gasteiger charge is 2.51. The number of nitrogens with one attached hydrogen (secondary N) is 2. The number of carbonyl (C=O) groups is 2. The van der Waals surface area contributed by atoms with Crippen LogP contribution in [-0.4, -0.2) is 26.3 Å². The van der Waals surface area contributed by atoms with Gasteiger partial charge in [0.05, 0.1) is 11.5 Å². The van der Waals surface area contributed by atoms with E-state index in [1.54, 1.807) is 24.5 Å². The number of halogens is 2. The van der Waals surface area contributed by atoms with Crippen LogP contribution in [0, 0.1) is 18.6 Å². The first-order chi connectivity index (χ1) is 18.8. The second kappa shape index (κ2) is 8.56. The van der Waals surface area contributed by atoms with Gasteiger partial charge >= 0.3 is 0 Å². The van der Waals surface area contributed by atoms with Crippen LogP contribution in [0.3, 0.4) is 0 Å². The van der Waals surface area contributed by atoms with Crippen molar-refractivity contribution in [3.63, 3.8) is 0 Å². The quantitative estimate of drug-likeness (QED) is 0.412. The highest BCUT2D eigenvalue weighted by atomic mass is 19.2. The molecule has 2 aromatic heterocycles. The Bertz CT molecular complexity index is 1680. The molecule has 0 fully saturated rings. The van der Waals surface area contributed by atoms with Gasteiger partial charge in [-0.2, -0.15) is 0 Å². The summed E-state index contributed by atoms with van der Waals surface area (Å²) in [5, 5.41) is 5.99. The van der Waals surface area contributed by atoms with E-state index in [1.165, 1.54) is 6.07 Å². The molecule has 2 aromatic carbocycles. The minimum Gasteiger partial charge on any atom is -0.342 e. The van der Waals surface area contributed by atoms with Crippen LogP contribution in [0.1, 0.15) is 62.5 Å². The lowest BCUT2D eigenvalue weighted by Crippen LogP contribution is -2.36. The van der Waals surface area contributed by atoms with Crippen molar-refractivity contribution in [2.45, 2.75) is 50.1 Å². The molecule has 2 aliphatic heterocycles. The van der Waals surface area contributed by atoms with E-state index < -0.39 is 23.1 Å². The summed E-state index contributed by atoms with van der Waals surface area (Å²) in [5.74, 6) is -1.13. The Morgan fingerprint density at radius 1 is 1.10 bits per heavy atom. The van der Waals surface area contributed by atoms with Crippen LogP contribution in [0.4, 0.5) is 14.6 Å². The number of imidazole rings is 1. The summed E-state index contributed by atoms with van der Waals surface area (Å²) >= 11 is 0. The van der Waals surface area contributed by atoms with E-state index in [2.05, 4.69) is 20.6 Å². The third-order valence-corrected chi connectivity index (χ3v) is 8.49. The predicted octanol–water partition coefficient (Wildman–Crippen LogP) is 4.51. The van der Waals surface area contributed by atoms with Crippen molar-refractivity contribution in [2.24, 2.45) is 0 Å². The molecular formula is C30H25F2N5O2. The van der Waals surface area contributed by atoms with Crippen LogP contribution in [0.2, 0.25) is 0 Å². The van der Waals surface area contributed by atoms with Gasteiger partial charge in [0.1, 0.15) is 11.6 Å². The average molecular weight is 526 g/mol. The molecule has 0 bridgehead atoms. The SMILES string of the molecule is Cc1cnc2n1C[C@H](c1cccc(F)c1F)C[C@@H]2NC(=O)c1ccc2c(c1)C[C@@]1(C2)C(=O)Nc2ncccc21. The minimum atomic E-state index is -0.883. The van der Waals surface area contributed by atoms with Gasteiger partial charge in [0.25, 0.3) is 5.91 Å². The third-order valence-electron chi connectivity index (χ3n) is 8.49. The number of anilines is 1. The molecular weight excluding hydrogens is 500 g/mol. The molecule has 1 aliphatic carbocycles. The zero-order chi connectivity index (χ0) is 26.9. The lowest BCUT2D eigenvalue weighted by atomic mass is 9.79. The first-order valence-electron chi connectivity index (χ1n) is 13.0. The van der Waals surface area contributed by atoms with Crippen molar-refractivity contribution in [1.29, 1.82) is 0 Å². The maximum atomic E-state index is 14.7. The second-order valence-electron chi connectivity index (χ2n) is 10.7. The van der Waals surface area contributed by atoms with E-state index in [0.717, 1.165) is 28.5 Å². The van der Waals surface area contributed by atoms with Crippen molar-refractivity contribution in [1.82, 2.24) is 19.9 Å². The van der Waals surface area contributed by atoms with Crippen LogP contribution in [-0.2, 0) is 29.6 Å². The summed E-state index contributed by atoms with van der Waals surface area (Å²) in [6.45, 7) is 2.36. The van der Waals surface area contributed by atoms with Crippen LogP contribution in [0.15, 0.2) is 60.9 Å². The van der Waals surface area contributed by atoms with Gasteiger partial charge in [0.2, 0.25) is 5.91 Å². The number of nitrogens with zero attached hydrogens (tertiary/aromatic N) is 3. The Morgan fingerprint density at radius 3 is 2.82 bits per heavy atom. The van der Waals surface area contributed by atoms with Crippen molar-refractivity contribution >= 4 is 17.6 Å². The summed E-state index contributed by atoms with van der Waals surface area (Å²) < 4.78 is 30.7. The molecule has 3 atom stereocenters. The lowest BCUT2D eigenvalue weighted by Gasteiger charge is -2.32. The van der Waals surface area contributed by atoms with Crippen LogP contribution in [0.5, 0.6) is 0 Å². The number of aryl methyl sites for hydroxylation is 1. The maximum Gasteiger partial charge on any atom is 0.251 e. The fourth-order valence-corrected chi connectivity index (χ4v) is 6.51. The van der Waals surface area contributed by atoms with E-state index in [0.29, 0.717) is 48.6 Å². The summed E-state index contributed by atoms with van der Waals surface area (Å²) in [5.41, 5.74) is 3.81. The van der Waals surface area contributed by atoms with E-state index in [-0.39, 0.29) is 17.7 Å². The van der Waals surface area contributed by atoms with Gasteiger partial charge in [-0.1, -0.05) is 24.3 Å². The number of hydrogen-bond donors (Lipinski definition) is 2. The standard InChI is InChI=1S/C30H25F2N5O2/c1-16-14-34-27-24(11-20(15-37(16)27)21-4-2-6-23(31)25(21)32)35-28(38)17-7-8-18-12-30(13-19(18)10-17)22-5-3-9-33-26(22)36-29(30)39/h2-10,14,20,24H,11-13,15H2,1H3,(H,35,38)(H,33,36,39)/t20-,24+,30-/m1/s1. The number of benzene rings is 2. The Labute approximate surface area is 223 Å². The third kappa shape index (κ3) is 3.60. The maximum absolute atomic E-state index is 14.7. The number of carbonyl (C=O) groups excluding carboxylic acids is 2. The first kappa shape index (κ1) is 23.7. The lowest BCUT2D eigenvalue weighted by molar-refractivity contribution is -0.120. The van der Waals surface area contributed by atoms with Crippen molar-refractivity contribution < 1.29 is 18.4 Å². The van der Waals surface area contributed by atoms with Crippen molar-refractivity contribution in [2.75, 3.05) is 5.32 Å². The summed E-state index contributed by atoms with van der Waals surface area (Å²) in [6.07, 6.45) is 4.82. The van der Waals surface area contributed by atoms with E-state index in [4.69, 9.17) is 0 Å². The molecule has 0 saturated heterocycles. The highest BCUT2D eigenvalue weighted by Crippen LogP contribution is 2.46. The molecule has 196 valence electrons. The molecule has 2 N–H and O–H groups in total. The van der Waals surface area contributed by atoms with Gasteiger partial charge < -0.3 is 15.2 Å². The zero-order valence-electron chi connectivity index (χ0n) is 21.2. The molecule has 0 radical (unpaired) electrons. The summed E-state index contributed by atoms with van der Waals surface area (Å²) in [6, 6.07) is 13.0. The molecule has 7 rings (SSSR count). The van der Waals surface area contributed by atoms with Gasteiger partial charge in [-0.3, -0.25) is 9.59 Å². The molecule has 7 nitrogen and oxygen atoms in total. The average Bonchev–Trinajstić information content (AvgIpc) is 3.59. The van der Waals surface area contributed by atoms with Crippen LogP contribution < -0.4 is 10.6 Å². The van der Waals surface area contributed by atoms with Gasteiger partial charge in [-0.15, -0.1) is 0 Å². The minimum absolute atomic E-state index is 0.0709. The normalized spacial score (nSPS) is 22.8. The predicted molar refractivity (Wildman–Crippen MR) is 139 cm³/mol. The summed E-state index contributed by atoms with van der Waals surface area (Å²) in [4.78, 5) is 35.4. The zero-order valence-corrected chi connectivity index (χ0v) is 21.2. The Morgan fingerprint density at radius 2 is 1.95 bits per heavy atom. The number of hydrogen-bond acceptors (Lipinski definition) is 4. The number of fused-ring (bicyclic) bond motifs is 4. The fourth-order valence-electron chi connectivity index (χ4n) is 6.51. The number of amides is 2. The molecule has 4 aromatic rings. The number of pyridine rings is 1. The van der Waals surface area contributed by atoms with Gasteiger partial charge in [-0.25, -0.2) is 18.7 Å². The smallest absolute Gasteiger partial charge is 0.251 e. The van der Waals surface area contributed by atoms with Crippen LogP contribution >= 0.6 is 0 Å². The van der Waals surface area contributed by atoms with E-state index >= 15 is 0 Å². The second-order valence-corrected chi connectivity index (χ2v) is 10.7. The summed E-state index contributed by atoms with van der Waals surface area (Å²) in [7, 11) is 0. The first-order valence-corrected chi connectivity index (χ1v) is 13.0. The molecule has 1 spiro atoms. The molecule has 9 heteroatoms. The molecule has 4 heterocycles. The van der Waals surface area contributed by atoms with Crippen LogP contribution in [0.25, 0.3) is 0 Å². The van der Waals surface area contributed by atoms with Gasteiger partial charge in [0.15, 0.2) is 11.6 Å². The van der Waals surface area contributed by atoms with E-state index in [1.807, 2.05) is 35.8 Å². The van der Waals surface area contributed by atoms with Crippen molar-refractivity contribution in [3.05, 3.63) is 112 Å². The molecule has 0 saturated carbocycles. The monoisotopic (exact) mass is 525 g/mol. The van der Waals surface area contributed by atoms with Gasteiger partial charge in [-0.05, 0) is 67.1 Å². The van der Waals surface area contributed by atoms with Gasteiger partial charge in [0, 0.05) is 41.7 Å². The van der Waals surface area contributed by atoms with Crippen molar-refractivity contribution in [3.8, 4) is 0 Å². The molecule has 39 heavy (non-hydrogen) atoms. The van der Waals surface area contributed by atoms with E-state index in [9.17, 15) is 18.4 Å². The largest absolute Gasteiger partial charge is 0.342 e. The Kier molecular flexibility index (Phi) is 5.20. The fraction of sp³-hybridized carbons (Fsp3) is 0.267. The molecule has 0 unspecified atom stereocenters. The highest BCUT2D eigenvalue weighted by molar-refractivity contribution is 6.06. The molecule has 3 aliphatic rings. The topological polar surface area (TPSA) is 88.9 Å². The Hall–Kier alpha value is -4.40. The number of aromatic nitrogens is 3. The molecule has 2 amide bonds.